The number of aromatic nitrogens is 1. The maximum absolute atomic E-state index is 12.9. The molecule has 2 aromatic carbocycles. The van der Waals surface area contributed by atoms with Gasteiger partial charge in [-0.3, -0.25) is 4.79 Å². The molecule has 1 atom stereocenters. The molecular weight excluding hydrogens is 348 g/mol. The first-order chi connectivity index (χ1) is 13.6. The summed E-state index contributed by atoms with van der Waals surface area (Å²) in [7, 11) is 0. The van der Waals surface area contributed by atoms with E-state index in [1.54, 1.807) is 0 Å². The van der Waals surface area contributed by atoms with Gasteiger partial charge in [-0.1, -0.05) is 48.5 Å². The van der Waals surface area contributed by atoms with Crippen molar-refractivity contribution in [1.29, 1.82) is 0 Å². The highest BCUT2D eigenvalue weighted by Crippen LogP contribution is 2.26. The monoisotopic (exact) mass is 376 g/mol. The fourth-order valence-corrected chi connectivity index (χ4v) is 4.05. The zero-order chi connectivity index (χ0) is 19.5. The standard InChI is InChI=1S/C24H28N2O2/c1-18(2)26-16-20(21-10-6-7-11-22(21)26)12-13-24(27)25-14-15-28-23(17-25)19-8-4-3-5-9-19/h3-11,16,18,23H,12-15,17H2,1-2H3/t23-/m0/s1. The number of aryl methyl sites for hydroxylation is 1. The minimum Gasteiger partial charge on any atom is -0.370 e. The third-order valence-corrected chi connectivity index (χ3v) is 5.58. The van der Waals surface area contributed by atoms with Crippen LogP contribution in [0, 0.1) is 0 Å². The molecule has 1 aromatic heterocycles. The first kappa shape index (κ1) is 18.8. The Morgan fingerprint density at radius 1 is 1.11 bits per heavy atom. The highest BCUT2D eigenvalue weighted by Gasteiger charge is 2.25. The van der Waals surface area contributed by atoms with Gasteiger partial charge in [-0.2, -0.15) is 0 Å². The second kappa shape index (κ2) is 8.19. The average Bonchev–Trinajstić information content (AvgIpc) is 3.12. The van der Waals surface area contributed by atoms with Gasteiger partial charge in [0.05, 0.1) is 13.2 Å². The van der Waals surface area contributed by atoms with Crippen molar-refractivity contribution >= 4 is 16.8 Å². The average molecular weight is 377 g/mol. The largest absolute Gasteiger partial charge is 0.370 e. The molecule has 146 valence electrons. The number of rotatable bonds is 5. The predicted molar refractivity (Wildman–Crippen MR) is 112 cm³/mol. The van der Waals surface area contributed by atoms with Crippen molar-refractivity contribution in [2.75, 3.05) is 19.7 Å². The van der Waals surface area contributed by atoms with E-state index in [1.165, 1.54) is 16.5 Å². The number of ether oxygens (including phenoxy) is 1. The van der Waals surface area contributed by atoms with Crippen LogP contribution < -0.4 is 0 Å². The van der Waals surface area contributed by atoms with Crippen molar-refractivity contribution in [3.05, 3.63) is 71.9 Å². The van der Waals surface area contributed by atoms with E-state index in [0.29, 0.717) is 32.2 Å². The fraction of sp³-hybridized carbons (Fsp3) is 0.375. The number of morpholine rings is 1. The van der Waals surface area contributed by atoms with Crippen LogP contribution in [0.2, 0.25) is 0 Å². The van der Waals surface area contributed by atoms with Gasteiger partial charge < -0.3 is 14.2 Å². The number of carbonyl (C=O) groups excluding carboxylic acids is 1. The maximum atomic E-state index is 12.9. The minimum absolute atomic E-state index is 0.0262. The third-order valence-electron chi connectivity index (χ3n) is 5.58. The molecule has 28 heavy (non-hydrogen) atoms. The van der Waals surface area contributed by atoms with Gasteiger partial charge in [0.15, 0.2) is 0 Å². The Hall–Kier alpha value is -2.59. The molecule has 3 aromatic rings. The number of fused-ring (bicyclic) bond motifs is 1. The molecule has 2 heterocycles. The van der Waals surface area contributed by atoms with Crippen LogP contribution >= 0.6 is 0 Å². The summed E-state index contributed by atoms with van der Waals surface area (Å²) in [6.07, 6.45) is 3.50. The van der Waals surface area contributed by atoms with Crippen LogP contribution in [0.4, 0.5) is 0 Å². The van der Waals surface area contributed by atoms with E-state index in [2.05, 4.69) is 61.0 Å². The molecule has 0 aliphatic carbocycles. The Bertz CT molecular complexity index is 946. The first-order valence-electron chi connectivity index (χ1n) is 10.2. The number of para-hydroxylation sites is 1. The molecule has 1 amide bonds. The molecule has 1 fully saturated rings. The molecule has 0 bridgehead atoms. The van der Waals surface area contributed by atoms with Gasteiger partial charge >= 0.3 is 0 Å². The van der Waals surface area contributed by atoms with Crippen LogP contribution in [0.15, 0.2) is 60.8 Å². The van der Waals surface area contributed by atoms with Gasteiger partial charge in [0.25, 0.3) is 0 Å². The number of benzene rings is 2. The van der Waals surface area contributed by atoms with Gasteiger partial charge in [0.1, 0.15) is 6.10 Å². The second-order valence-electron chi connectivity index (χ2n) is 7.78. The van der Waals surface area contributed by atoms with Crippen LogP contribution in [-0.2, 0) is 16.0 Å². The van der Waals surface area contributed by atoms with Crippen LogP contribution in [-0.4, -0.2) is 35.1 Å². The summed E-state index contributed by atoms with van der Waals surface area (Å²) in [5.41, 5.74) is 3.64. The van der Waals surface area contributed by atoms with E-state index in [-0.39, 0.29) is 12.0 Å². The summed E-state index contributed by atoms with van der Waals surface area (Å²) >= 11 is 0. The van der Waals surface area contributed by atoms with Crippen molar-refractivity contribution in [3.8, 4) is 0 Å². The van der Waals surface area contributed by atoms with Crippen molar-refractivity contribution < 1.29 is 9.53 Å². The Labute approximate surface area is 166 Å². The summed E-state index contributed by atoms with van der Waals surface area (Å²) in [5.74, 6) is 0.214. The molecule has 0 N–H and O–H groups in total. The number of amides is 1. The minimum atomic E-state index is -0.0262. The molecule has 1 saturated heterocycles. The Morgan fingerprint density at radius 2 is 1.86 bits per heavy atom. The van der Waals surface area contributed by atoms with E-state index in [1.807, 2.05) is 23.1 Å². The molecule has 0 unspecified atom stereocenters. The van der Waals surface area contributed by atoms with Gasteiger partial charge in [-0.15, -0.1) is 0 Å². The van der Waals surface area contributed by atoms with Crippen LogP contribution in [0.3, 0.4) is 0 Å². The number of nitrogens with zero attached hydrogens (tertiary/aromatic N) is 2. The second-order valence-corrected chi connectivity index (χ2v) is 7.78. The molecule has 0 spiro atoms. The molecular formula is C24H28N2O2. The molecule has 4 nitrogen and oxygen atoms in total. The van der Waals surface area contributed by atoms with E-state index in [4.69, 9.17) is 4.74 Å². The zero-order valence-electron chi connectivity index (χ0n) is 16.7. The van der Waals surface area contributed by atoms with Gasteiger partial charge in [-0.05, 0) is 37.5 Å². The van der Waals surface area contributed by atoms with Gasteiger partial charge in [0.2, 0.25) is 5.91 Å². The molecule has 4 rings (SSSR count). The SMILES string of the molecule is CC(C)n1cc(CCC(=O)N2CCO[C@H](c3ccccc3)C2)c2ccccc21. The first-order valence-corrected chi connectivity index (χ1v) is 10.2. The summed E-state index contributed by atoms with van der Waals surface area (Å²) in [5, 5.41) is 1.26. The lowest BCUT2D eigenvalue weighted by atomic mass is 10.1. The zero-order valence-corrected chi connectivity index (χ0v) is 16.7. The quantitative estimate of drug-likeness (QED) is 0.644. The fourth-order valence-electron chi connectivity index (χ4n) is 4.05. The predicted octanol–water partition coefficient (Wildman–Crippen LogP) is 4.75. The molecule has 1 aliphatic heterocycles. The maximum Gasteiger partial charge on any atom is 0.223 e. The highest BCUT2D eigenvalue weighted by molar-refractivity contribution is 5.85. The van der Waals surface area contributed by atoms with Crippen molar-refractivity contribution in [1.82, 2.24) is 9.47 Å². The van der Waals surface area contributed by atoms with Crippen LogP contribution in [0.5, 0.6) is 0 Å². The van der Waals surface area contributed by atoms with E-state index >= 15 is 0 Å². The lowest BCUT2D eigenvalue weighted by molar-refractivity contribution is -0.139. The lowest BCUT2D eigenvalue weighted by Crippen LogP contribution is -2.42. The smallest absolute Gasteiger partial charge is 0.223 e. The third kappa shape index (κ3) is 3.83. The summed E-state index contributed by atoms with van der Waals surface area (Å²) in [6, 6.07) is 19.1. The van der Waals surface area contributed by atoms with Crippen molar-refractivity contribution in [2.45, 2.75) is 38.8 Å². The van der Waals surface area contributed by atoms with E-state index in [9.17, 15) is 4.79 Å². The summed E-state index contributed by atoms with van der Waals surface area (Å²) < 4.78 is 8.20. The molecule has 1 aliphatic rings. The van der Waals surface area contributed by atoms with Crippen molar-refractivity contribution in [2.24, 2.45) is 0 Å². The van der Waals surface area contributed by atoms with E-state index in [0.717, 1.165) is 12.0 Å². The number of carbonyl (C=O) groups is 1. The normalized spacial score (nSPS) is 17.4. The highest BCUT2D eigenvalue weighted by atomic mass is 16.5. The van der Waals surface area contributed by atoms with Crippen LogP contribution in [0.25, 0.3) is 10.9 Å². The van der Waals surface area contributed by atoms with E-state index < -0.39 is 0 Å². The number of hydrogen-bond donors (Lipinski definition) is 0. The van der Waals surface area contributed by atoms with Gasteiger partial charge in [0, 0.05) is 36.1 Å². The summed E-state index contributed by atoms with van der Waals surface area (Å²) in [4.78, 5) is 14.8. The number of hydrogen-bond acceptors (Lipinski definition) is 2. The van der Waals surface area contributed by atoms with Gasteiger partial charge in [-0.25, -0.2) is 0 Å². The Balaban J connectivity index is 1.44. The lowest BCUT2D eigenvalue weighted by Gasteiger charge is -2.33. The summed E-state index contributed by atoms with van der Waals surface area (Å²) in [6.45, 7) is 6.29. The molecule has 4 heteroatoms. The molecule has 0 radical (unpaired) electrons. The molecule has 0 saturated carbocycles. The van der Waals surface area contributed by atoms with Crippen LogP contribution in [0.1, 0.15) is 43.5 Å². The topological polar surface area (TPSA) is 34.5 Å². The van der Waals surface area contributed by atoms with Crippen molar-refractivity contribution in [3.63, 3.8) is 0 Å². The Morgan fingerprint density at radius 3 is 2.64 bits per heavy atom. The Kier molecular flexibility index (Phi) is 5.49.